The number of pyridine rings is 2. The number of nitrogens with zero attached hydrogens (tertiary/aromatic N) is 4. The topological polar surface area (TPSA) is 300 Å². The normalized spacial score (nSPS) is 15.3. The molecule has 0 radical (unpaired) electrons. The zero-order valence-corrected chi connectivity index (χ0v) is 43.4. The Morgan fingerprint density at radius 3 is 2.24 bits per heavy atom. The van der Waals surface area contributed by atoms with E-state index in [2.05, 4.69) is 21.3 Å². The molecule has 22 heteroatoms. The Hall–Kier alpha value is -8.14. The molecule has 3 atom stereocenters. The molecule has 4 aromatic rings. The van der Waals surface area contributed by atoms with E-state index in [0.717, 1.165) is 28.7 Å². The molecule has 4 heterocycles. The molecule has 0 unspecified atom stereocenters. The second-order valence-electron chi connectivity index (χ2n) is 19.1. The van der Waals surface area contributed by atoms with Gasteiger partial charge in [-0.25, -0.2) is 24.2 Å². The highest BCUT2D eigenvalue weighted by Crippen LogP contribution is 2.41. The molecule has 2 aromatic heterocycles. The van der Waals surface area contributed by atoms with Crippen molar-refractivity contribution >= 4 is 64.3 Å². The summed E-state index contributed by atoms with van der Waals surface area (Å²) in [6, 6.07) is 10.3. The van der Waals surface area contributed by atoms with Crippen molar-refractivity contribution in [2.75, 3.05) is 39.0 Å². The number of nitrogens with one attached hydrogen (secondary N) is 4. The summed E-state index contributed by atoms with van der Waals surface area (Å²) < 4.78 is 18.0. The van der Waals surface area contributed by atoms with Crippen LogP contribution in [-0.4, -0.2) is 118 Å². The van der Waals surface area contributed by atoms with E-state index in [1.807, 2.05) is 6.92 Å². The van der Waals surface area contributed by atoms with Crippen molar-refractivity contribution in [2.45, 2.75) is 105 Å². The molecule has 2 aliphatic heterocycles. The van der Waals surface area contributed by atoms with E-state index in [9.17, 15) is 48.3 Å². The number of carbonyl (C=O) groups is 8. The number of cyclic esters (lactones) is 1. The Bertz CT molecular complexity index is 2970. The summed E-state index contributed by atoms with van der Waals surface area (Å²) in [7, 11) is 3.05. The quantitative estimate of drug-likeness (QED) is 0.0342. The molecule has 75 heavy (non-hydrogen) atoms. The molecule has 400 valence electrons. The van der Waals surface area contributed by atoms with Crippen LogP contribution in [0.4, 0.5) is 20.1 Å². The Labute approximate surface area is 433 Å². The number of benzene rings is 2. The summed E-state index contributed by atoms with van der Waals surface area (Å²) in [4.78, 5) is 123. The van der Waals surface area contributed by atoms with Crippen molar-refractivity contribution in [2.24, 2.45) is 17.6 Å². The highest BCUT2D eigenvalue weighted by atomic mass is 16.6. The highest BCUT2D eigenvalue weighted by molar-refractivity contribution is 6.01. The zero-order chi connectivity index (χ0) is 54.9. The number of likely N-dealkylation sites (N-methyl/N-ethyl adjacent to an activating group) is 2. The van der Waals surface area contributed by atoms with E-state index < -0.39 is 59.6 Å². The molecule has 7 amide bonds. The lowest BCUT2D eigenvalue weighted by Gasteiger charge is -2.31. The van der Waals surface area contributed by atoms with Crippen LogP contribution in [-0.2, 0) is 65.2 Å². The van der Waals surface area contributed by atoms with Crippen LogP contribution < -0.4 is 37.3 Å². The molecular weight excluding hydrogens is 971 g/mol. The number of aryl methyl sites for hydroxylation is 1. The number of aliphatic hydroxyl groups is 1. The lowest BCUT2D eigenvalue weighted by Crippen LogP contribution is -2.54. The second-order valence-corrected chi connectivity index (χ2v) is 19.1. The zero-order valence-electron chi connectivity index (χ0n) is 43.4. The molecule has 2 aliphatic rings. The SMILES string of the molecule is CCc1c2c(nc3ccc(OC(=O)N(C)CCN(C)C(=O)OCc4ccc(NC(=O)[C@H](CCCNC(N)=O)NC(=O)[C@@H](NC(=O)/C=C\C(=O)C(C)C)C(C)C)cc4)cc13)-c1cc3c(c(=O)n1C2)COC(=O)[C@]3(O)CC. The Balaban J connectivity index is 1.01. The number of carbonyl (C=O) groups excluding carboxylic acids is 8. The first-order valence-electron chi connectivity index (χ1n) is 24.8. The molecular formula is C53H65N9O13. The number of nitrogens with two attached hydrogens (primary N) is 1. The number of fused-ring (bicyclic) bond motifs is 5. The summed E-state index contributed by atoms with van der Waals surface area (Å²) in [6.45, 7) is 10.6. The number of hydrogen-bond acceptors (Lipinski definition) is 14. The van der Waals surface area contributed by atoms with Gasteiger partial charge in [0.05, 0.1) is 29.0 Å². The molecule has 0 fully saturated rings. The van der Waals surface area contributed by atoms with Crippen LogP contribution in [0.15, 0.2) is 65.5 Å². The van der Waals surface area contributed by atoms with Crippen molar-refractivity contribution in [1.82, 2.24) is 35.3 Å². The Kier molecular flexibility index (Phi) is 18.2. The van der Waals surface area contributed by atoms with Crippen LogP contribution in [0.2, 0.25) is 0 Å². The lowest BCUT2D eigenvalue weighted by molar-refractivity contribution is -0.172. The van der Waals surface area contributed by atoms with Gasteiger partial charge in [0.1, 0.15) is 31.0 Å². The van der Waals surface area contributed by atoms with Crippen molar-refractivity contribution in [3.8, 4) is 17.1 Å². The van der Waals surface area contributed by atoms with Gasteiger partial charge in [-0.1, -0.05) is 53.7 Å². The maximum atomic E-state index is 13.7. The van der Waals surface area contributed by atoms with E-state index in [-0.39, 0.29) is 98.7 Å². The van der Waals surface area contributed by atoms with Crippen LogP contribution in [0.25, 0.3) is 22.3 Å². The molecule has 2 aromatic carbocycles. The predicted octanol–water partition coefficient (Wildman–Crippen LogP) is 4.14. The highest BCUT2D eigenvalue weighted by Gasteiger charge is 2.45. The second kappa shape index (κ2) is 24.3. The number of ketones is 1. The van der Waals surface area contributed by atoms with E-state index in [1.165, 1.54) is 23.9 Å². The minimum Gasteiger partial charge on any atom is -0.458 e. The van der Waals surface area contributed by atoms with E-state index in [4.69, 9.17) is 24.9 Å². The minimum atomic E-state index is -1.95. The summed E-state index contributed by atoms with van der Waals surface area (Å²) in [5, 5.41) is 22.5. The van der Waals surface area contributed by atoms with Crippen LogP contribution >= 0.6 is 0 Å². The monoisotopic (exact) mass is 1040 g/mol. The van der Waals surface area contributed by atoms with E-state index in [0.29, 0.717) is 34.6 Å². The third kappa shape index (κ3) is 13.2. The minimum absolute atomic E-state index is 0.0266. The van der Waals surface area contributed by atoms with Crippen LogP contribution in [0.3, 0.4) is 0 Å². The van der Waals surface area contributed by atoms with Gasteiger partial charge in [0, 0.05) is 67.9 Å². The van der Waals surface area contributed by atoms with Crippen LogP contribution in [0.1, 0.15) is 88.6 Å². The van der Waals surface area contributed by atoms with Gasteiger partial charge >= 0.3 is 24.2 Å². The number of hydrogen-bond donors (Lipinski definition) is 6. The molecule has 0 saturated heterocycles. The summed E-state index contributed by atoms with van der Waals surface area (Å²) in [5.41, 5.74) is 7.63. The fraction of sp³-hybridized carbons (Fsp3) is 0.434. The fourth-order valence-electron chi connectivity index (χ4n) is 8.57. The number of primary amides is 1. The summed E-state index contributed by atoms with van der Waals surface area (Å²) in [6.07, 6.45) is 1.82. The van der Waals surface area contributed by atoms with Gasteiger partial charge in [-0.2, -0.15) is 0 Å². The first kappa shape index (κ1) is 56.2. The number of aromatic nitrogens is 2. The first-order valence-corrected chi connectivity index (χ1v) is 24.8. The Morgan fingerprint density at radius 2 is 1.60 bits per heavy atom. The number of amides is 7. The average Bonchev–Trinajstić information content (AvgIpc) is 3.75. The van der Waals surface area contributed by atoms with Gasteiger partial charge in [-0.05, 0) is 85.2 Å². The van der Waals surface area contributed by atoms with E-state index in [1.54, 1.807) is 87.7 Å². The fourth-order valence-corrected chi connectivity index (χ4v) is 8.57. The molecule has 0 spiro atoms. The van der Waals surface area contributed by atoms with Crippen molar-refractivity contribution in [3.05, 3.63) is 98.9 Å². The van der Waals surface area contributed by atoms with Crippen molar-refractivity contribution in [3.63, 3.8) is 0 Å². The molecule has 0 bridgehead atoms. The van der Waals surface area contributed by atoms with Crippen LogP contribution in [0, 0.1) is 11.8 Å². The third-order valence-electron chi connectivity index (χ3n) is 13.1. The van der Waals surface area contributed by atoms with Gasteiger partial charge in [0.2, 0.25) is 17.7 Å². The van der Waals surface area contributed by atoms with Gasteiger partial charge in [-0.15, -0.1) is 0 Å². The summed E-state index contributed by atoms with van der Waals surface area (Å²) in [5.74, 6) is -3.37. The largest absolute Gasteiger partial charge is 0.458 e. The molecule has 0 aliphatic carbocycles. The maximum Gasteiger partial charge on any atom is 0.415 e. The summed E-state index contributed by atoms with van der Waals surface area (Å²) >= 11 is 0. The molecule has 0 saturated carbocycles. The van der Waals surface area contributed by atoms with E-state index >= 15 is 0 Å². The molecule has 22 nitrogen and oxygen atoms in total. The predicted molar refractivity (Wildman–Crippen MR) is 275 cm³/mol. The van der Waals surface area contributed by atoms with Gasteiger partial charge in [0.25, 0.3) is 5.56 Å². The number of anilines is 1. The maximum absolute atomic E-state index is 13.7. The standard InChI is InChI=1S/C53H65N9O13/c1-9-34-35-24-33(17-18-39(35)57-45-36(34)26-62-41(45)25-38-37(48(62)67)28-73-49(68)53(38,72)10-2)75-52(71)61(8)23-22-60(7)51(70)74-27-31-13-15-32(16-14-31)56-46(65)40(12-11-21-55-50(54)69)58-47(66)44(30(5)6)59-43(64)20-19-42(63)29(3)4/h13-20,24-25,29-30,40,44,72H,9-12,21-23,26-28H2,1-8H3,(H,56,65)(H,58,66)(H,59,64)(H3,54,55,69)/b20-19-/t40-,44-,53-/m0/s1. The number of rotatable bonds is 21. The average molecular weight is 1040 g/mol. The smallest absolute Gasteiger partial charge is 0.415 e. The molecule has 7 N–H and O–H groups in total. The number of allylic oxidation sites excluding steroid dienone is 1. The number of urea groups is 1. The number of esters is 1. The van der Waals surface area contributed by atoms with Crippen molar-refractivity contribution in [1.29, 1.82) is 0 Å². The van der Waals surface area contributed by atoms with Gasteiger partial charge in [-0.3, -0.25) is 24.0 Å². The molecule has 6 rings (SSSR count). The van der Waals surface area contributed by atoms with Gasteiger partial charge < -0.3 is 60.7 Å². The first-order chi connectivity index (χ1) is 35.6. The number of ether oxygens (including phenoxy) is 3. The van der Waals surface area contributed by atoms with Crippen LogP contribution in [0.5, 0.6) is 5.75 Å². The van der Waals surface area contributed by atoms with Crippen molar-refractivity contribution < 1.29 is 57.7 Å². The third-order valence-corrected chi connectivity index (χ3v) is 13.1. The lowest BCUT2D eigenvalue weighted by atomic mass is 9.86. The Morgan fingerprint density at radius 1 is 0.907 bits per heavy atom. The van der Waals surface area contributed by atoms with Gasteiger partial charge in [0.15, 0.2) is 11.4 Å².